The lowest BCUT2D eigenvalue weighted by Gasteiger charge is -2.32. The van der Waals surface area contributed by atoms with Crippen LogP contribution in [0.5, 0.6) is 0 Å². The highest BCUT2D eigenvalue weighted by molar-refractivity contribution is 7.89. The van der Waals surface area contributed by atoms with E-state index in [9.17, 15) is 31.8 Å². The van der Waals surface area contributed by atoms with Crippen LogP contribution in [-0.2, 0) is 10.0 Å². The molecule has 1 saturated carbocycles. The number of hydrogen-bond acceptors (Lipinski definition) is 10. The first kappa shape index (κ1) is 27.0. The van der Waals surface area contributed by atoms with Gasteiger partial charge in [0.05, 0.1) is 27.2 Å². The average Bonchev–Trinajstić information content (AvgIpc) is 3.48. The van der Waals surface area contributed by atoms with Gasteiger partial charge < -0.3 is 20.8 Å². The fraction of sp³-hybridized carbons (Fsp3) is 0.522. The van der Waals surface area contributed by atoms with Crippen LogP contribution in [0.3, 0.4) is 0 Å². The van der Waals surface area contributed by atoms with Gasteiger partial charge in [-0.25, -0.2) is 22.7 Å². The van der Waals surface area contributed by atoms with Crippen LogP contribution in [0.2, 0.25) is 0 Å². The van der Waals surface area contributed by atoms with Gasteiger partial charge in [-0.3, -0.25) is 0 Å². The molecule has 1 saturated heterocycles. The van der Waals surface area contributed by atoms with E-state index in [2.05, 4.69) is 25.6 Å². The summed E-state index contributed by atoms with van der Waals surface area (Å²) in [7, 11) is -3.39. The van der Waals surface area contributed by atoms with E-state index in [1.807, 2.05) is 24.3 Å². The minimum Gasteiger partial charge on any atom is -0.388 e. The van der Waals surface area contributed by atoms with Gasteiger partial charge in [-0.15, -0.1) is 11.3 Å². The second-order valence-electron chi connectivity index (χ2n) is 9.63. The Labute approximate surface area is 221 Å². The summed E-state index contributed by atoms with van der Waals surface area (Å²) in [6.07, 6.45) is -4.95. The van der Waals surface area contributed by atoms with Gasteiger partial charge in [0.2, 0.25) is 16.0 Å². The van der Waals surface area contributed by atoms with Crippen molar-refractivity contribution in [2.24, 2.45) is 5.92 Å². The van der Waals surface area contributed by atoms with Crippen LogP contribution in [0.4, 0.5) is 24.9 Å². The fourth-order valence-corrected chi connectivity index (χ4v) is 7.59. The minimum atomic E-state index is -4.50. The quantitative estimate of drug-likeness (QED) is 0.315. The molecule has 15 heteroatoms. The number of aromatic nitrogens is 3. The van der Waals surface area contributed by atoms with Crippen molar-refractivity contribution in [2.75, 3.05) is 36.0 Å². The number of halogens is 3. The Hall–Kier alpha value is -2.59. The number of hydrogen-bond donors (Lipinski definition) is 4. The summed E-state index contributed by atoms with van der Waals surface area (Å²) in [5, 5.41) is 28.0. The minimum absolute atomic E-state index is 0.0113. The van der Waals surface area contributed by atoms with Crippen LogP contribution in [0.15, 0.2) is 24.3 Å². The van der Waals surface area contributed by atoms with E-state index in [0.717, 1.165) is 4.70 Å². The molecule has 5 rings (SSSR count). The van der Waals surface area contributed by atoms with Crippen molar-refractivity contribution >= 4 is 43.3 Å². The largest absolute Gasteiger partial charge is 0.405 e. The smallest absolute Gasteiger partial charge is 0.388 e. The summed E-state index contributed by atoms with van der Waals surface area (Å²) >= 11 is 1.33. The van der Waals surface area contributed by atoms with Crippen molar-refractivity contribution in [1.82, 2.24) is 19.3 Å². The Kier molecular flexibility index (Phi) is 7.01. The number of benzene rings is 1. The molecular formula is C23H27F3N6O4S2. The van der Waals surface area contributed by atoms with Crippen molar-refractivity contribution in [3.63, 3.8) is 0 Å². The van der Waals surface area contributed by atoms with Gasteiger partial charge in [0, 0.05) is 19.0 Å². The van der Waals surface area contributed by atoms with Gasteiger partial charge in [-0.05, 0) is 38.3 Å². The van der Waals surface area contributed by atoms with Gasteiger partial charge in [-0.2, -0.15) is 18.2 Å². The summed E-state index contributed by atoms with van der Waals surface area (Å²) in [5.41, 5.74) is -0.484. The average molecular weight is 573 g/mol. The summed E-state index contributed by atoms with van der Waals surface area (Å²) in [5.74, 6) is -0.783. The number of thiazole rings is 1. The summed E-state index contributed by atoms with van der Waals surface area (Å²) < 4.78 is 65.2. The van der Waals surface area contributed by atoms with E-state index in [-0.39, 0.29) is 30.5 Å². The van der Waals surface area contributed by atoms with Crippen molar-refractivity contribution in [3.05, 3.63) is 30.0 Å². The van der Waals surface area contributed by atoms with Gasteiger partial charge in [-0.1, -0.05) is 12.1 Å². The third-order valence-electron chi connectivity index (χ3n) is 6.85. The maximum absolute atomic E-state index is 12.8. The molecule has 1 aliphatic heterocycles. The van der Waals surface area contributed by atoms with Crippen LogP contribution in [0.25, 0.3) is 20.8 Å². The van der Waals surface area contributed by atoms with Crippen LogP contribution in [-0.4, -0.2) is 81.3 Å². The van der Waals surface area contributed by atoms with E-state index in [4.69, 9.17) is 0 Å². The normalized spacial score (nSPS) is 25.7. The maximum Gasteiger partial charge on any atom is 0.405 e. The number of sulfonamides is 1. The lowest BCUT2D eigenvalue weighted by molar-refractivity contribution is -0.115. The van der Waals surface area contributed by atoms with E-state index < -0.39 is 40.5 Å². The Morgan fingerprint density at radius 2 is 2.00 bits per heavy atom. The topological polar surface area (TPSA) is 141 Å². The van der Waals surface area contributed by atoms with Crippen molar-refractivity contribution < 1.29 is 31.8 Å². The third kappa shape index (κ3) is 5.43. The second-order valence-corrected chi connectivity index (χ2v) is 12.8. The number of para-hydroxylation sites is 1. The van der Waals surface area contributed by atoms with Crippen LogP contribution in [0, 0.1) is 12.8 Å². The van der Waals surface area contributed by atoms with E-state index in [1.54, 1.807) is 6.92 Å². The van der Waals surface area contributed by atoms with Crippen LogP contribution in [0.1, 0.15) is 25.0 Å². The maximum atomic E-state index is 12.8. The molecule has 1 aromatic carbocycles. The Bertz CT molecular complexity index is 1420. The van der Waals surface area contributed by atoms with Crippen LogP contribution >= 0.6 is 11.3 Å². The van der Waals surface area contributed by atoms with E-state index >= 15 is 0 Å². The highest BCUT2D eigenvalue weighted by Gasteiger charge is 2.49. The zero-order valence-corrected chi connectivity index (χ0v) is 22.0. The standard InChI is InChI=1S/C23H27F3N6O4S2/c1-13-17(20-29-15-5-2-3-6-16(15)37-20)19(30-21(28-13)27-12-23(24,25)26)31-22(34)8-7-14(18(22)33)11-32-9-4-10-38(32,35)36/h2-3,5-6,14,18,33-34H,4,7-12H2,1H3,(H2,27,28,30,31)/t14-,18-,22+/m1/s1. The number of aryl methyl sites for hydroxylation is 1. The van der Waals surface area contributed by atoms with Gasteiger partial charge >= 0.3 is 6.18 Å². The molecule has 3 atom stereocenters. The number of nitrogens with one attached hydrogen (secondary N) is 2. The van der Waals surface area contributed by atoms with Crippen molar-refractivity contribution in [3.8, 4) is 10.6 Å². The molecule has 2 aliphatic rings. The first-order valence-electron chi connectivity index (χ1n) is 12.1. The highest BCUT2D eigenvalue weighted by Crippen LogP contribution is 2.41. The number of aliphatic hydroxyl groups excluding tert-OH is 1. The number of nitrogens with zero attached hydrogens (tertiary/aromatic N) is 4. The first-order valence-corrected chi connectivity index (χ1v) is 14.5. The van der Waals surface area contributed by atoms with E-state index in [1.165, 1.54) is 15.6 Å². The first-order chi connectivity index (χ1) is 17.8. The Morgan fingerprint density at radius 3 is 2.68 bits per heavy atom. The molecule has 0 radical (unpaired) electrons. The molecule has 0 unspecified atom stereocenters. The molecule has 0 bridgehead atoms. The number of alkyl halides is 3. The lowest BCUT2D eigenvalue weighted by Crippen LogP contribution is -2.49. The van der Waals surface area contributed by atoms with Gasteiger partial charge in [0.25, 0.3) is 0 Å². The molecule has 0 spiro atoms. The van der Waals surface area contributed by atoms with E-state index in [0.29, 0.717) is 41.2 Å². The summed E-state index contributed by atoms with van der Waals surface area (Å²) in [6, 6.07) is 7.39. The zero-order valence-electron chi connectivity index (χ0n) is 20.4. The molecule has 2 aromatic heterocycles. The predicted molar refractivity (Wildman–Crippen MR) is 137 cm³/mol. The fourth-order valence-electron chi connectivity index (χ4n) is 4.95. The predicted octanol–water partition coefficient (Wildman–Crippen LogP) is 2.94. The van der Waals surface area contributed by atoms with Crippen molar-refractivity contribution in [1.29, 1.82) is 0 Å². The number of fused-ring (bicyclic) bond motifs is 1. The number of aliphatic hydroxyl groups is 2. The molecule has 1 aliphatic carbocycles. The highest BCUT2D eigenvalue weighted by atomic mass is 32.2. The molecule has 206 valence electrons. The Morgan fingerprint density at radius 1 is 1.24 bits per heavy atom. The Balaban J connectivity index is 1.48. The molecule has 0 amide bonds. The summed E-state index contributed by atoms with van der Waals surface area (Å²) in [6.45, 7) is 0.673. The summed E-state index contributed by atoms with van der Waals surface area (Å²) in [4.78, 5) is 13.0. The SMILES string of the molecule is Cc1nc(NCC(F)(F)F)nc(N[C@]2(O)CC[C@H](CN3CCCS3(=O)=O)[C@H]2O)c1-c1nc2ccccc2s1. The molecule has 2 fully saturated rings. The lowest BCUT2D eigenvalue weighted by atomic mass is 10.0. The molecule has 3 heterocycles. The molecule has 4 N–H and O–H groups in total. The second kappa shape index (κ2) is 9.86. The molecule has 3 aromatic rings. The molecular weight excluding hydrogens is 545 g/mol. The van der Waals surface area contributed by atoms with Gasteiger partial charge in [0.1, 0.15) is 23.5 Å². The van der Waals surface area contributed by atoms with Crippen LogP contribution < -0.4 is 10.6 Å². The molecule has 10 nitrogen and oxygen atoms in total. The van der Waals surface area contributed by atoms with Gasteiger partial charge in [0.15, 0.2) is 5.72 Å². The third-order valence-corrected chi connectivity index (χ3v) is 9.83. The zero-order chi connectivity index (χ0) is 27.3. The monoisotopic (exact) mass is 572 g/mol. The number of anilines is 2. The molecule has 38 heavy (non-hydrogen) atoms. The van der Waals surface area contributed by atoms with Crippen molar-refractivity contribution in [2.45, 2.75) is 44.2 Å². The number of rotatable bonds is 7.